The summed E-state index contributed by atoms with van der Waals surface area (Å²) < 4.78 is 4.72. The predicted octanol–water partition coefficient (Wildman–Crippen LogP) is 2.62. The van der Waals surface area contributed by atoms with Gasteiger partial charge in [-0.2, -0.15) is 11.8 Å². The van der Waals surface area contributed by atoms with Crippen molar-refractivity contribution in [2.45, 2.75) is 43.8 Å². The second-order valence-corrected chi connectivity index (χ2v) is 5.91. The topological polar surface area (TPSA) is 26.3 Å². The van der Waals surface area contributed by atoms with Crippen molar-refractivity contribution in [3.8, 4) is 0 Å². The van der Waals surface area contributed by atoms with Gasteiger partial charge in [0.1, 0.15) is 0 Å². The van der Waals surface area contributed by atoms with Crippen LogP contribution >= 0.6 is 11.8 Å². The van der Waals surface area contributed by atoms with Crippen molar-refractivity contribution in [1.82, 2.24) is 0 Å². The fourth-order valence-electron chi connectivity index (χ4n) is 1.76. The van der Waals surface area contributed by atoms with Gasteiger partial charge < -0.3 is 4.74 Å². The summed E-state index contributed by atoms with van der Waals surface area (Å²) in [6.07, 6.45) is 7.27. The number of rotatable bonds is 5. The van der Waals surface area contributed by atoms with Gasteiger partial charge in [-0.1, -0.05) is 6.42 Å². The van der Waals surface area contributed by atoms with Gasteiger partial charge in [0.25, 0.3) is 0 Å². The molecule has 80 valence electrons. The van der Waals surface area contributed by atoms with Gasteiger partial charge in [-0.05, 0) is 36.9 Å². The average molecular weight is 214 g/mol. The van der Waals surface area contributed by atoms with Gasteiger partial charge >= 0.3 is 5.97 Å². The fourth-order valence-corrected chi connectivity index (χ4v) is 3.41. The molecular formula is C11H18O2S. The number of ether oxygens (including phenoxy) is 1. The first-order valence-corrected chi connectivity index (χ1v) is 6.47. The van der Waals surface area contributed by atoms with Gasteiger partial charge in [0.15, 0.2) is 0 Å². The third kappa shape index (κ3) is 2.44. The highest BCUT2D eigenvalue weighted by Gasteiger charge is 2.45. The summed E-state index contributed by atoms with van der Waals surface area (Å²) in [7, 11) is 1.48. The molecule has 2 aliphatic carbocycles. The number of carbonyl (C=O) groups excluding carboxylic acids is 1. The van der Waals surface area contributed by atoms with Crippen molar-refractivity contribution in [1.29, 1.82) is 0 Å². The molecule has 2 aliphatic rings. The Morgan fingerprint density at radius 3 is 2.64 bits per heavy atom. The lowest BCUT2D eigenvalue weighted by Crippen LogP contribution is -2.18. The molecule has 0 saturated heterocycles. The second-order valence-electron chi connectivity index (χ2n) is 4.62. The van der Waals surface area contributed by atoms with Crippen LogP contribution in [0.4, 0.5) is 0 Å². The quantitative estimate of drug-likeness (QED) is 0.658. The zero-order valence-corrected chi connectivity index (χ0v) is 9.57. The molecule has 0 atom stereocenters. The Hall–Kier alpha value is -0.180. The van der Waals surface area contributed by atoms with Crippen LogP contribution in [0.25, 0.3) is 0 Å². The summed E-state index contributed by atoms with van der Waals surface area (Å²) >= 11 is 2.08. The van der Waals surface area contributed by atoms with Gasteiger partial charge in [-0.15, -0.1) is 0 Å². The summed E-state index contributed by atoms with van der Waals surface area (Å²) in [5.41, 5.74) is 0.327. The molecule has 0 heterocycles. The molecule has 14 heavy (non-hydrogen) atoms. The Balaban J connectivity index is 1.69. The van der Waals surface area contributed by atoms with Gasteiger partial charge in [0.2, 0.25) is 0 Å². The van der Waals surface area contributed by atoms with Crippen LogP contribution in [0.15, 0.2) is 0 Å². The SMILES string of the molecule is COC(=O)CC1(CSC2CCC2)CC1. The molecule has 0 aromatic carbocycles. The van der Waals surface area contributed by atoms with Crippen LogP contribution in [-0.4, -0.2) is 24.1 Å². The highest BCUT2D eigenvalue weighted by Crippen LogP contribution is 2.52. The molecule has 0 N–H and O–H groups in total. The molecule has 2 rings (SSSR count). The number of hydrogen-bond donors (Lipinski definition) is 0. The lowest BCUT2D eigenvalue weighted by Gasteiger charge is -2.26. The van der Waals surface area contributed by atoms with Crippen molar-refractivity contribution in [2.24, 2.45) is 5.41 Å². The minimum absolute atomic E-state index is 0.0308. The van der Waals surface area contributed by atoms with E-state index in [1.54, 1.807) is 0 Å². The monoisotopic (exact) mass is 214 g/mol. The molecule has 0 bridgehead atoms. The van der Waals surface area contributed by atoms with Gasteiger partial charge in [0.05, 0.1) is 13.5 Å². The number of esters is 1. The van der Waals surface area contributed by atoms with E-state index in [1.165, 1.54) is 45.0 Å². The summed E-state index contributed by atoms with van der Waals surface area (Å²) in [4.78, 5) is 11.2. The van der Waals surface area contributed by atoms with Crippen molar-refractivity contribution >= 4 is 17.7 Å². The van der Waals surface area contributed by atoms with E-state index < -0.39 is 0 Å². The van der Waals surface area contributed by atoms with Gasteiger partial charge in [-0.25, -0.2) is 0 Å². The van der Waals surface area contributed by atoms with Crippen LogP contribution in [0, 0.1) is 5.41 Å². The lowest BCUT2D eigenvalue weighted by molar-refractivity contribution is -0.141. The lowest BCUT2D eigenvalue weighted by atomic mass is 10.00. The summed E-state index contributed by atoms with van der Waals surface area (Å²) in [5.74, 6) is 1.14. The van der Waals surface area contributed by atoms with Crippen LogP contribution in [0.2, 0.25) is 0 Å². The van der Waals surface area contributed by atoms with Crippen LogP contribution < -0.4 is 0 Å². The second kappa shape index (κ2) is 4.13. The molecule has 0 unspecified atom stereocenters. The first-order valence-electron chi connectivity index (χ1n) is 5.43. The van der Waals surface area contributed by atoms with E-state index >= 15 is 0 Å². The summed E-state index contributed by atoms with van der Waals surface area (Å²) in [5, 5.41) is 0.894. The molecule has 0 spiro atoms. The summed E-state index contributed by atoms with van der Waals surface area (Å²) in [6.45, 7) is 0. The Bertz CT molecular complexity index is 219. The van der Waals surface area contributed by atoms with Crippen molar-refractivity contribution in [2.75, 3.05) is 12.9 Å². The Labute approximate surface area is 89.8 Å². The standard InChI is InChI=1S/C11H18O2S/c1-13-10(12)7-11(5-6-11)8-14-9-3-2-4-9/h9H,2-8H2,1H3. The molecule has 2 nitrogen and oxygen atoms in total. The maximum Gasteiger partial charge on any atom is 0.306 e. The molecular weight excluding hydrogens is 196 g/mol. The predicted molar refractivity (Wildman–Crippen MR) is 58.4 cm³/mol. The molecule has 2 saturated carbocycles. The largest absolute Gasteiger partial charge is 0.469 e. The molecule has 2 fully saturated rings. The van der Waals surface area contributed by atoms with E-state index in [2.05, 4.69) is 11.8 Å². The third-order valence-electron chi connectivity index (χ3n) is 3.38. The van der Waals surface area contributed by atoms with Crippen LogP contribution in [0.1, 0.15) is 38.5 Å². The maximum atomic E-state index is 11.2. The molecule has 0 aliphatic heterocycles. The minimum atomic E-state index is -0.0308. The van der Waals surface area contributed by atoms with Gasteiger partial charge in [-0.3, -0.25) is 4.79 Å². The number of methoxy groups -OCH3 is 1. The Morgan fingerprint density at radius 2 is 2.21 bits per heavy atom. The first-order chi connectivity index (χ1) is 6.74. The third-order valence-corrected chi connectivity index (χ3v) is 5.10. The Kier molecular flexibility index (Phi) is 3.05. The van der Waals surface area contributed by atoms with Crippen LogP contribution in [0.5, 0.6) is 0 Å². The van der Waals surface area contributed by atoms with Gasteiger partial charge in [0, 0.05) is 5.25 Å². The molecule has 0 aromatic rings. The zero-order chi connectivity index (χ0) is 10.0. The highest BCUT2D eigenvalue weighted by atomic mass is 32.2. The van der Waals surface area contributed by atoms with E-state index in [0.717, 1.165) is 5.25 Å². The van der Waals surface area contributed by atoms with E-state index in [9.17, 15) is 4.79 Å². The Morgan fingerprint density at radius 1 is 1.50 bits per heavy atom. The number of hydrogen-bond acceptors (Lipinski definition) is 3. The van der Waals surface area contributed by atoms with Crippen molar-refractivity contribution in [3.05, 3.63) is 0 Å². The number of carbonyl (C=O) groups is 1. The van der Waals surface area contributed by atoms with E-state index in [0.29, 0.717) is 11.8 Å². The maximum absolute atomic E-state index is 11.2. The normalized spacial score (nSPS) is 24.1. The highest BCUT2D eigenvalue weighted by molar-refractivity contribution is 8.00. The van der Waals surface area contributed by atoms with Crippen LogP contribution in [-0.2, 0) is 9.53 Å². The van der Waals surface area contributed by atoms with E-state index in [4.69, 9.17) is 4.74 Å². The summed E-state index contributed by atoms with van der Waals surface area (Å²) in [6, 6.07) is 0. The average Bonchev–Trinajstić information content (AvgIpc) is 2.82. The minimum Gasteiger partial charge on any atom is -0.469 e. The number of thioether (sulfide) groups is 1. The zero-order valence-electron chi connectivity index (χ0n) is 8.75. The smallest absolute Gasteiger partial charge is 0.306 e. The molecule has 0 amide bonds. The van der Waals surface area contributed by atoms with Crippen molar-refractivity contribution in [3.63, 3.8) is 0 Å². The molecule has 3 heteroatoms. The van der Waals surface area contributed by atoms with E-state index in [-0.39, 0.29) is 5.97 Å². The van der Waals surface area contributed by atoms with Crippen LogP contribution in [0.3, 0.4) is 0 Å². The fraction of sp³-hybridized carbons (Fsp3) is 0.909. The molecule has 0 aromatic heterocycles. The van der Waals surface area contributed by atoms with E-state index in [1.807, 2.05) is 0 Å². The molecule has 0 radical (unpaired) electrons. The first kappa shape index (κ1) is 10.3. The van der Waals surface area contributed by atoms with Crippen molar-refractivity contribution < 1.29 is 9.53 Å².